The van der Waals surface area contributed by atoms with Crippen molar-refractivity contribution in [1.82, 2.24) is 0 Å². The van der Waals surface area contributed by atoms with Crippen LogP contribution in [-0.2, 0) is 0 Å². The average molecular weight is 242 g/mol. The van der Waals surface area contributed by atoms with Crippen LogP contribution >= 0.6 is 0 Å². The monoisotopic (exact) mass is 242 g/mol. The van der Waals surface area contributed by atoms with Crippen LogP contribution in [0.15, 0.2) is 24.3 Å². The van der Waals surface area contributed by atoms with Gasteiger partial charge in [-0.2, -0.15) is 5.26 Å². The summed E-state index contributed by atoms with van der Waals surface area (Å²) in [5.41, 5.74) is 2.75. The summed E-state index contributed by atoms with van der Waals surface area (Å²) in [5.74, 6) is 0.533. The Morgan fingerprint density at radius 1 is 1.33 bits per heavy atom. The highest BCUT2D eigenvalue weighted by molar-refractivity contribution is 5.56. The highest BCUT2D eigenvalue weighted by atomic mass is 15.2. The molecule has 0 aromatic heterocycles. The quantitative estimate of drug-likeness (QED) is 0.798. The molecule has 18 heavy (non-hydrogen) atoms. The van der Waals surface area contributed by atoms with Crippen LogP contribution in [0.4, 0.5) is 5.69 Å². The van der Waals surface area contributed by atoms with Crippen molar-refractivity contribution < 1.29 is 0 Å². The number of hydrogen-bond acceptors (Lipinski definition) is 2. The van der Waals surface area contributed by atoms with Crippen LogP contribution in [0.5, 0.6) is 0 Å². The first kappa shape index (κ1) is 13.0. The molecule has 1 aromatic carbocycles. The number of anilines is 1. The van der Waals surface area contributed by atoms with Crippen LogP contribution < -0.4 is 4.90 Å². The summed E-state index contributed by atoms with van der Waals surface area (Å²) in [4.78, 5) is 2.46. The Morgan fingerprint density at radius 2 is 2.11 bits per heavy atom. The Morgan fingerprint density at radius 3 is 2.83 bits per heavy atom. The van der Waals surface area contributed by atoms with Gasteiger partial charge in [-0.3, -0.25) is 0 Å². The van der Waals surface area contributed by atoms with E-state index in [2.05, 4.69) is 49.1 Å². The van der Waals surface area contributed by atoms with E-state index in [4.69, 9.17) is 5.26 Å². The lowest BCUT2D eigenvalue weighted by atomic mass is 9.95. The smallest absolute Gasteiger partial charge is 0.0643 e. The van der Waals surface area contributed by atoms with Crippen molar-refractivity contribution in [3.05, 3.63) is 29.8 Å². The van der Waals surface area contributed by atoms with Crippen molar-refractivity contribution in [3.63, 3.8) is 0 Å². The van der Waals surface area contributed by atoms with Crippen LogP contribution in [0.2, 0.25) is 0 Å². The molecule has 0 radical (unpaired) electrons. The highest BCUT2D eigenvalue weighted by Crippen LogP contribution is 2.32. The SMILES string of the molecule is CC(C)c1ccccc1N1CCCCC1CC#N. The molecule has 2 nitrogen and oxygen atoms in total. The summed E-state index contributed by atoms with van der Waals surface area (Å²) in [5, 5.41) is 8.99. The predicted octanol–water partition coefficient (Wildman–Crippen LogP) is 4.08. The van der Waals surface area contributed by atoms with Gasteiger partial charge in [-0.1, -0.05) is 32.0 Å². The van der Waals surface area contributed by atoms with Gasteiger partial charge in [0.05, 0.1) is 12.5 Å². The lowest BCUT2D eigenvalue weighted by Crippen LogP contribution is -2.40. The molecule has 0 aliphatic carbocycles. The Kier molecular flexibility index (Phi) is 4.25. The molecule has 1 aliphatic rings. The van der Waals surface area contributed by atoms with Crippen molar-refractivity contribution in [2.24, 2.45) is 0 Å². The van der Waals surface area contributed by atoms with Gasteiger partial charge in [0.15, 0.2) is 0 Å². The second-order valence-corrected chi connectivity index (χ2v) is 5.42. The van der Waals surface area contributed by atoms with Crippen molar-refractivity contribution >= 4 is 5.69 Å². The van der Waals surface area contributed by atoms with Gasteiger partial charge in [0.1, 0.15) is 0 Å². The van der Waals surface area contributed by atoms with Crippen molar-refractivity contribution in [3.8, 4) is 6.07 Å². The maximum absolute atomic E-state index is 8.99. The summed E-state index contributed by atoms with van der Waals surface area (Å²) < 4.78 is 0. The van der Waals surface area contributed by atoms with E-state index in [0.29, 0.717) is 18.4 Å². The molecule has 1 unspecified atom stereocenters. The van der Waals surface area contributed by atoms with Crippen LogP contribution in [0, 0.1) is 11.3 Å². The maximum atomic E-state index is 8.99. The molecule has 1 atom stereocenters. The zero-order valence-corrected chi connectivity index (χ0v) is 11.4. The Balaban J connectivity index is 2.31. The minimum atomic E-state index is 0.406. The number of hydrogen-bond donors (Lipinski definition) is 0. The lowest BCUT2D eigenvalue weighted by molar-refractivity contribution is 0.463. The molecule has 1 fully saturated rings. The number of rotatable bonds is 3. The fourth-order valence-electron chi connectivity index (χ4n) is 2.87. The first-order chi connectivity index (χ1) is 8.74. The third-order valence-electron chi connectivity index (χ3n) is 3.82. The molecule has 0 spiro atoms. The summed E-state index contributed by atoms with van der Waals surface area (Å²) in [7, 11) is 0. The normalized spacial score (nSPS) is 19.9. The molecule has 1 aliphatic heterocycles. The van der Waals surface area contributed by atoms with Crippen LogP contribution in [0.1, 0.15) is 51.0 Å². The molecular formula is C16H22N2. The lowest BCUT2D eigenvalue weighted by Gasteiger charge is -2.38. The topological polar surface area (TPSA) is 27.0 Å². The summed E-state index contributed by atoms with van der Waals surface area (Å²) in [6, 6.07) is 11.4. The van der Waals surface area contributed by atoms with Gasteiger partial charge in [0, 0.05) is 18.3 Å². The van der Waals surface area contributed by atoms with Crippen molar-refractivity contribution in [2.45, 2.75) is 51.5 Å². The minimum Gasteiger partial charge on any atom is -0.367 e. The third kappa shape index (κ3) is 2.67. The molecule has 1 aromatic rings. The van der Waals surface area contributed by atoms with E-state index in [1.807, 2.05) is 0 Å². The van der Waals surface area contributed by atoms with Gasteiger partial charge in [-0.05, 0) is 36.8 Å². The van der Waals surface area contributed by atoms with E-state index >= 15 is 0 Å². The molecule has 0 N–H and O–H groups in total. The zero-order valence-electron chi connectivity index (χ0n) is 11.4. The second-order valence-electron chi connectivity index (χ2n) is 5.42. The molecule has 0 saturated carbocycles. The molecule has 0 bridgehead atoms. The summed E-state index contributed by atoms with van der Waals surface area (Å²) in [6.07, 6.45) is 4.30. The van der Waals surface area contributed by atoms with Gasteiger partial charge in [0.25, 0.3) is 0 Å². The number of piperidine rings is 1. The Hall–Kier alpha value is -1.49. The predicted molar refractivity (Wildman–Crippen MR) is 75.7 cm³/mol. The fraction of sp³-hybridized carbons (Fsp3) is 0.562. The van der Waals surface area contributed by atoms with Gasteiger partial charge < -0.3 is 4.90 Å². The first-order valence-corrected chi connectivity index (χ1v) is 6.96. The van der Waals surface area contributed by atoms with E-state index in [9.17, 15) is 0 Å². The maximum Gasteiger partial charge on any atom is 0.0643 e. The number of nitrogens with zero attached hydrogens (tertiary/aromatic N) is 2. The Labute approximate surface area is 110 Å². The number of benzene rings is 1. The fourth-order valence-corrected chi connectivity index (χ4v) is 2.87. The second kappa shape index (κ2) is 5.91. The van der Waals surface area contributed by atoms with Crippen LogP contribution in [0.3, 0.4) is 0 Å². The number of para-hydroxylation sites is 1. The van der Waals surface area contributed by atoms with Gasteiger partial charge in [-0.15, -0.1) is 0 Å². The van der Waals surface area contributed by atoms with Gasteiger partial charge in [-0.25, -0.2) is 0 Å². The zero-order chi connectivity index (χ0) is 13.0. The third-order valence-corrected chi connectivity index (χ3v) is 3.82. The van der Waals surface area contributed by atoms with Gasteiger partial charge >= 0.3 is 0 Å². The summed E-state index contributed by atoms with van der Waals surface area (Å²) in [6.45, 7) is 5.57. The van der Waals surface area contributed by atoms with E-state index in [0.717, 1.165) is 13.0 Å². The first-order valence-electron chi connectivity index (χ1n) is 6.96. The standard InChI is InChI=1S/C16H22N2/c1-13(2)15-8-3-4-9-16(15)18-12-6-5-7-14(18)10-11-17/h3-4,8-9,13-14H,5-7,10,12H2,1-2H3. The average Bonchev–Trinajstić information content (AvgIpc) is 2.40. The van der Waals surface area contributed by atoms with Crippen LogP contribution in [-0.4, -0.2) is 12.6 Å². The molecule has 0 amide bonds. The van der Waals surface area contributed by atoms with E-state index in [-0.39, 0.29) is 0 Å². The molecule has 1 saturated heterocycles. The Bertz CT molecular complexity index is 431. The molecule has 2 rings (SSSR count). The minimum absolute atomic E-state index is 0.406. The van der Waals surface area contributed by atoms with Crippen molar-refractivity contribution in [1.29, 1.82) is 5.26 Å². The summed E-state index contributed by atoms with van der Waals surface area (Å²) >= 11 is 0. The molecule has 96 valence electrons. The van der Waals surface area contributed by atoms with Crippen molar-refractivity contribution in [2.75, 3.05) is 11.4 Å². The van der Waals surface area contributed by atoms with Crippen LogP contribution in [0.25, 0.3) is 0 Å². The largest absolute Gasteiger partial charge is 0.367 e. The highest BCUT2D eigenvalue weighted by Gasteiger charge is 2.24. The number of nitriles is 1. The van der Waals surface area contributed by atoms with Gasteiger partial charge in [0.2, 0.25) is 0 Å². The molecular weight excluding hydrogens is 220 g/mol. The molecule has 1 heterocycles. The van der Waals surface area contributed by atoms with E-state index in [1.54, 1.807) is 0 Å². The van der Waals surface area contributed by atoms with E-state index in [1.165, 1.54) is 24.1 Å². The molecule has 2 heteroatoms. The van der Waals surface area contributed by atoms with E-state index < -0.39 is 0 Å².